The minimum absolute atomic E-state index is 0.150. The molecule has 1 aromatic carbocycles. The van der Waals surface area contributed by atoms with E-state index in [2.05, 4.69) is 20.1 Å². The first-order chi connectivity index (χ1) is 19.1. The maximum atomic E-state index is 13.6. The van der Waals surface area contributed by atoms with Gasteiger partial charge in [0.15, 0.2) is 5.09 Å². The molecule has 2 fully saturated rings. The standard InChI is InChI=1S/C28H29N5O4S2/c34-26(21-6-2-1-3-7-21)30-23(27(35)32-14-12-31(13-15-32)24-8-4-5-11-29-24)20-22-9-10-25(37-22)39-28(38)33-16-18-36-19-17-33/h1-11,20H,12-19H2,(H,30,34)/b23-20-. The summed E-state index contributed by atoms with van der Waals surface area (Å²) in [6.07, 6.45) is 3.34. The molecule has 0 saturated carbocycles. The molecule has 3 aromatic rings. The fourth-order valence-corrected chi connectivity index (χ4v) is 5.48. The van der Waals surface area contributed by atoms with Gasteiger partial charge in [-0.25, -0.2) is 4.98 Å². The summed E-state index contributed by atoms with van der Waals surface area (Å²) in [7, 11) is 0. The van der Waals surface area contributed by atoms with Gasteiger partial charge >= 0.3 is 0 Å². The Morgan fingerprint density at radius 3 is 2.36 bits per heavy atom. The van der Waals surface area contributed by atoms with Crippen LogP contribution in [0.3, 0.4) is 0 Å². The highest BCUT2D eigenvalue weighted by atomic mass is 32.2. The molecule has 9 nitrogen and oxygen atoms in total. The molecule has 2 amide bonds. The molecule has 0 spiro atoms. The minimum atomic E-state index is -0.364. The van der Waals surface area contributed by atoms with E-state index in [1.54, 1.807) is 47.5 Å². The molecule has 1 N–H and O–H groups in total. The third kappa shape index (κ3) is 7.05. The maximum absolute atomic E-state index is 13.6. The number of morpholine rings is 1. The number of furan rings is 1. The van der Waals surface area contributed by atoms with Gasteiger partial charge in [-0.3, -0.25) is 9.59 Å². The van der Waals surface area contributed by atoms with Crippen molar-refractivity contribution in [3.05, 3.63) is 83.9 Å². The third-order valence-corrected chi connectivity index (χ3v) is 7.76. The van der Waals surface area contributed by atoms with Gasteiger partial charge in [0.25, 0.3) is 11.8 Å². The average Bonchev–Trinajstić information content (AvgIpc) is 3.44. The summed E-state index contributed by atoms with van der Waals surface area (Å²) in [5.74, 6) is 0.700. The molecule has 39 heavy (non-hydrogen) atoms. The minimum Gasteiger partial charge on any atom is -0.450 e. The van der Waals surface area contributed by atoms with Crippen LogP contribution in [0.1, 0.15) is 16.1 Å². The number of anilines is 1. The van der Waals surface area contributed by atoms with Gasteiger partial charge < -0.3 is 29.2 Å². The van der Waals surface area contributed by atoms with Crippen LogP contribution in [0.25, 0.3) is 6.08 Å². The normalized spacial score (nSPS) is 16.2. The number of amides is 2. The molecule has 2 aliphatic heterocycles. The SMILES string of the molecule is O=C(N/C(=C\c1ccc(SC(=S)N2CCOCC2)o1)C(=O)N1CCN(c2ccccn2)CC1)c1ccccc1. The second-order valence-corrected chi connectivity index (χ2v) is 10.6. The zero-order chi connectivity index (χ0) is 27.0. The molecule has 2 aliphatic rings. The first-order valence-electron chi connectivity index (χ1n) is 12.7. The molecule has 11 heteroatoms. The Labute approximate surface area is 236 Å². The highest BCUT2D eigenvalue weighted by Crippen LogP contribution is 2.26. The van der Waals surface area contributed by atoms with Gasteiger partial charge in [0.2, 0.25) is 0 Å². The van der Waals surface area contributed by atoms with E-state index in [0.29, 0.717) is 60.1 Å². The van der Waals surface area contributed by atoms with Crippen molar-refractivity contribution in [3.63, 3.8) is 0 Å². The van der Waals surface area contributed by atoms with E-state index >= 15 is 0 Å². The summed E-state index contributed by atoms with van der Waals surface area (Å²) in [6, 6.07) is 18.2. The number of thiocarbonyl (C=S) groups is 1. The molecule has 0 aliphatic carbocycles. The molecule has 0 atom stereocenters. The number of hydrogen-bond donors (Lipinski definition) is 1. The van der Waals surface area contributed by atoms with E-state index < -0.39 is 0 Å². The number of pyridine rings is 1. The van der Waals surface area contributed by atoms with E-state index in [1.807, 2.05) is 30.3 Å². The van der Waals surface area contributed by atoms with Gasteiger partial charge in [-0.1, -0.05) is 36.5 Å². The highest BCUT2D eigenvalue weighted by Gasteiger charge is 2.26. The quantitative estimate of drug-likeness (QED) is 0.275. The number of piperazine rings is 1. The highest BCUT2D eigenvalue weighted by molar-refractivity contribution is 8.22. The Hall–Kier alpha value is -3.67. The molecule has 0 bridgehead atoms. The Kier molecular flexibility index (Phi) is 8.92. The molecular formula is C28H29N5O4S2. The Morgan fingerprint density at radius 2 is 1.64 bits per heavy atom. The number of thioether (sulfide) groups is 1. The second-order valence-electron chi connectivity index (χ2n) is 8.97. The van der Waals surface area contributed by atoms with Crippen LogP contribution in [0.5, 0.6) is 0 Å². The van der Waals surface area contributed by atoms with Crippen LogP contribution in [0.15, 0.2) is 82.1 Å². The number of nitrogens with one attached hydrogen (secondary N) is 1. The summed E-state index contributed by atoms with van der Waals surface area (Å²) >= 11 is 6.92. The van der Waals surface area contributed by atoms with Crippen molar-refractivity contribution in [2.75, 3.05) is 57.4 Å². The van der Waals surface area contributed by atoms with Crippen LogP contribution < -0.4 is 10.2 Å². The van der Waals surface area contributed by atoms with Gasteiger partial charge in [0.1, 0.15) is 21.6 Å². The fourth-order valence-electron chi connectivity index (χ4n) is 4.29. The number of hydrogen-bond acceptors (Lipinski definition) is 8. The predicted octanol–water partition coefficient (Wildman–Crippen LogP) is 3.50. The number of rotatable bonds is 6. The van der Waals surface area contributed by atoms with E-state index in [9.17, 15) is 9.59 Å². The van der Waals surface area contributed by atoms with Gasteiger partial charge in [-0.15, -0.1) is 0 Å². The number of carbonyl (C=O) groups is 2. The molecular weight excluding hydrogens is 534 g/mol. The lowest BCUT2D eigenvalue weighted by molar-refractivity contribution is -0.127. The van der Waals surface area contributed by atoms with Crippen molar-refractivity contribution in [2.45, 2.75) is 5.09 Å². The van der Waals surface area contributed by atoms with Crippen molar-refractivity contribution in [1.82, 2.24) is 20.1 Å². The summed E-state index contributed by atoms with van der Waals surface area (Å²) in [4.78, 5) is 37.0. The lowest BCUT2D eigenvalue weighted by Crippen LogP contribution is -2.50. The van der Waals surface area contributed by atoms with Crippen LogP contribution in [-0.2, 0) is 9.53 Å². The smallest absolute Gasteiger partial charge is 0.270 e. The van der Waals surface area contributed by atoms with Crippen LogP contribution in [-0.4, -0.2) is 83.4 Å². The molecule has 2 saturated heterocycles. The lowest BCUT2D eigenvalue weighted by Gasteiger charge is -2.35. The van der Waals surface area contributed by atoms with E-state index in [4.69, 9.17) is 21.4 Å². The zero-order valence-corrected chi connectivity index (χ0v) is 23.0. The maximum Gasteiger partial charge on any atom is 0.270 e. The van der Waals surface area contributed by atoms with Crippen molar-refractivity contribution in [3.8, 4) is 0 Å². The summed E-state index contributed by atoms with van der Waals surface area (Å²) < 4.78 is 12.1. The van der Waals surface area contributed by atoms with Crippen molar-refractivity contribution in [1.29, 1.82) is 0 Å². The molecule has 4 heterocycles. The van der Waals surface area contributed by atoms with E-state index in [-0.39, 0.29) is 17.5 Å². The molecule has 2 aromatic heterocycles. The number of aromatic nitrogens is 1. The lowest BCUT2D eigenvalue weighted by atomic mass is 10.2. The predicted molar refractivity (Wildman–Crippen MR) is 154 cm³/mol. The zero-order valence-electron chi connectivity index (χ0n) is 21.3. The average molecular weight is 564 g/mol. The number of carbonyl (C=O) groups excluding carboxylic acids is 2. The molecule has 5 rings (SSSR count). The van der Waals surface area contributed by atoms with Gasteiger partial charge in [-0.2, -0.15) is 0 Å². The molecule has 0 unspecified atom stereocenters. The largest absolute Gasteiger partial charge is 0.450 e. The third-order valence-electron chi connectivity index (χ3n) is 6.40. The van der Waals surface area contributed by atoms with Gasteiger partial charge in [0, 0.05) is 57.1 Å². The Bertz CT molecular complexity index is 1320. The van der Waals surface area contributed by atoms with Crippen LogP contribution in [0.4, 0.5) is 5.82 Å². The van der Waals surface area contributed by atoms with Crippen LogP contribution in [0, 0.1) is 0 Å². The summed E-state index contributed by atoms with van der Waals surface area (Å²) in [5.41, 5.74) is 0.611. The Morgan fingerprint density at radius 1 is 0.897 bits per heavy atom. The number of nitrogens with zero attached hydrogens (tertiary/aromatic N) is 4. The fraction of sp³-hybridized carbons (Fsp3) is 0.286. The monoisotopic (exact) mass is 563 g/mol. The van der Waals surface area contributed by atoms with Gasteiger partial charge in [0.05, 0.1) is 13.2 Å². The van der Waals surface area contributed by atoms with Crippen molar-refractivity contribution >= 4 is 52.0 Å². The topological polar surface area (TPSA) is 91.1 Å². The summed E-state index contributed by atoms with van der Waals surface area (Å²) in [5, 5.41) is 3.43. The van der Waals surface area contributed by atoms with Gasteiger partial charge in [-0.05, 0) is 48.2 Å². The molecule has 202 valence electrons. The second kappa shape index (κ2) is 12.9. The first-order valence-corrected chi connectivity index (χ1v) is 14.0. The summed E-state index contributed by atoms with van der Waals surface area (Å²) in [6.45, 7) is 5.08. The van der Waals surface area contributed by atoms with Crippen molar-refractivity contribution in [2.24, 2.45) is 0 Å². The van der Waals surface area contributed by atoms with Crippen LogP contribution >= 0.6 is 24.0 Å². The Balaban J connectivity index is 1.30. The van der Waals surface area contributed by atoms with Crippen molar-refractivity contribution < 1.29 is 18.7 Å². The first kappa shape index (κ1) is 26.9. The van der Waals surface area contributed by atoms with E-state index in [0.717, 1.165) is 18.9 Å². The van der Waals surface area contributed by atoms with Crippen LogP contribution in [0.2, 0.25) is 0 Å². The molecule has 0 radical (unpaired) electrons. The number of ether oxygens (including phenoxy) is 1. The number of benzene rings is 1. The van der Waals surface area contributed by atoms with E-state index in [1.165, 1.54) is 11.8 Å².